The molecule has 1 fully saturated rings. The number of H-pyrrole nitrogens is 1. The standard InChI is InChI=1S/C35H38N2O11/c1-17(2)9-10-19-16-20(11-13-23(19)38)31(41)37-25-26(39)21-12-14-24(18(3)28(21)46-33(25)43)45-34-27(40)29(30(44-6)35(4,5)48-34)47-32(42)22-8-7-15-36-22/h7-9,11-16,27,29-30,34,36,38-40H,10H2,1-6H3,(H,37,41)/t27-,29+,30-,34-/m1/s1. The van der Waals surface area contributed by atoms with Gasteiger partial charge in [0.25, 0.3) is 5.91 Å². The van der Waals surface area contributed by atoms with Crippen molar-refractivity contribution in [1.29, 1.82) is 0 Å². The number of hydrogen-bond donors (Lipinski definition) is 5. The van der Waals surface area contributed by atoms with Crippen molar-refractivity contribution in [2.75, 3.05) is 12.4 Å². The molecule has 0 saturated carbocycles. The number of aromatic nitrogens is 1. The average molecular weight is 663 g/mol. The number of nitrogens with one attached hydrogen (secondary N) is 2. The van der Waals surface area contributed by atoms with Crippen LogP contribution in [0.3, 0.4) is 0 Å². The van der Waals surface area contributed by atoms with Crippen LogP contribution in [0.5, 0.6) is 17.2 Å². The van der Waals surface area contributed by atoms with Gasteiger partial charge in [-0.05, 0) is 89.1 Å². The molecule has 13 heteroatoms. The van der Waals surface area contributed by atoms with Crippen LogP contribution in [0.25, 0.3) is 11.0 Å². The minimum absolute atomic E-state index is 0.0203. The predicted octanol–water partition coefficient (Wildman–Crippen LogP) is 4.72. The normalized spacial score (nSPS) is 20.2. The number of benzene rings is 2. The Labute approximate surface area is 275 Å². The average Bonchev–Trinajstić information content (AvgIpc) is 3.58. The van der Waals surface area contributed by atoms with Gasteiger partial charge in [-0.15, -0.1) is 0 Å². The van der Waals surface area contributed by atoms with Gasteiger partial charge in [-0.25, -0.2) is 9.59 Å². The van der Waals surface area contributed by atoms with E-state index in [-0.39, 0.29) is 39.3 Å². The fourth-order valence-electron chi connectivity index (χ4n) is 5.57. The molecule has 254 valence electrons. The summed E-state index contributed by atoms with van der Waals surface area (Å²) in [5.41, 5.74) is -0.441. The number of aromatic amines is 1. The first-order chi connectivity index (χ1) is 22.7. The maximum absolute atomic E-state index is 13.1. The van der Waals surface area contributed by atoms with Gasteiger partial charge in [-0.3, -0.25) is 4.79 Å². The third-order valence-corrected chi connectivity index (χ3v) is 8.13. The van der Waals surface area contributed by atoms with Gasteiger partial charge in [-0.1, -0.05) is 11.6 Å². The molecule has 1 aliphatic rings. The molecule has 48 heavy (non-hydrogen) atoms. The third-order valence-electron chi connectivity index (χ3n) is 8.13. The topological polar surface area (TPSA) is 190 Å². The summed E-state index contributed by atoms with van der Waals surface area (Å²) >= 11 is 0. The van der Waals surface area contributed by atoms with Crippen molar-refractivity contribution < 1.29 is 48.3 Å². The van der Waals surface area contributed by atoms with E-state index in [0.29, 0.717) is 12.0 Å². The fourth-order valence-corrected chi connectivity index (χ4v) is 5.57. The van der Waals surface area contributed by atoms with Crippen LogP contribution in [0.1, 0.15) is 59.7 Å². The van der Waals surface area contributed by atoms with Gasteiger partial charge in [0.1, 0.15) is 28.9 Å². The van der Waals surface area contributed by atoms with Gasteiger partial charge in [0.05, 0.1) is 11.0 Å². The molecule has 3 heterocycles. The lowest BCUT2D eigenvalue weighted by Crippen LogP contribution is -2.65. The third kappa shape index (κ3) is 6.79. The summed E-state index contributed by atoms with van der Waals surface area (Å²) in [6.45, 7) is 8.79. The Balaban J connectivity index is 1.40. The number of esters is 1. The summed E-state index contributed by atoms with van der Waals surface area (Å²) in [6.07, 6.45) is -1.05. The van der Waals surface area contributed by atoms with Gasteiger partial charge in [0.15, 0.2) is 23.6 Å². The number of hydrogen-bond acceptors (Lipinski definition) is 11. The van der Waals surface area contributed by atoms with Crippen molar-refractivity contribution in [3.05, 3.63) is 93.1 Å². The molecule has 4 aromatic rings. The quantitative estimate of drug-likeness (QED) is 0.0947. The van der Waals surface area contributed by atoms with Gasteiger partial charge in [0.2, 0.25) is 6.29 Å². The van der Waals surface area contributed by atoms with E-state index in [1.807, 2.05) is 19.9 Å². The first kappa shape index (κ1) is 34.2. The van der Waals surface area contributed by atoms with Crippen LogP contribution < -0.4 is 15.7 Å². The lowest BCUT2D eigenvalue weighted by atomic mass is 9.89. The summed E-state index contributed by atoms with van der Waals surface area (Å²) in [4.78, 5) is 41.7. The van der Waals surface area contributed by atoms with E-state index in [4.69, 9.17) is 23.4 Å². The van der Waals surface area contributed by atoms with Crippen molar-refractivity contribution in [2.45, 2.75) is 71.2 Å². The number of aromatic hydroxyl groups is 2. The first-order valence-corrected chi connectivity index (χ1v) is 15.2. The molecule has 0 aliphatic carbocycles. The van der Waals surface area contributed by atoms with Crippen molar-refractivity contribution in [3.63, 3.8) is 0 Å². The maximum atomic E-state index is 13.1. The number of carbonyl (C=O) groups is 2. The number of carbonyl (C=O) groups excluding carboxylic acids is 2. The van der Waals surface area contributed by atoms with E-state index < -0.39 is 59.1 Å². The Bertz CT molecular complexity index is 1920. The zero-order valence-corrected chi connectivity index (χ0v) is 27.3. The van der Waals surface area contributed by atoms with E-state index in [9.17, 15) is 29.7 Å². The molecule has 5 N–H and O–H groups in total. The highest BCUT2D eigenvalue weighted by molar-refractivity contribution is 6.06. The number of fused-ring (bicyclic) bond motifs is 1. The Morgan fingerprint density at radius 2 is 1.88 bits per heavy atom. The molecule has 5 rings (SSSR count). The molecule has 4 atom stereocenters. The van der Waals surface area contributed by atoms with E-state index in [2.05, 4.69) is 10.3 Å². The number of allylic oxidation sites excluding steroid dienone is 2. The number of aliphatic hydroxyl groups is 1. The summed E-state index contributed by atoms with van der Waals surface area (Å²) in [7, 11) is 1.41. The van der Waals surface area contributed by atoms with Crippen LogP contribution in [0.2, 0.25) is 0 Å². The summed E-state index contributed by atoms with van der Waals surface area (Å²) in [5.74, 6) is -1.77. The largest absolute Gasteiger partial charge is 0.508 e. The van der Waals surface area contributed by atoms with E-state index in [1.165, 1.54) is 43.5 Å². The van der Waals surface area contributed by atoms with E-state index in [0.717, 1.165) is 5.57 Å². The van der Waals surface area contributed by atoms with Crippen molar-refractivity contribution in [3.8, 4) is 17.2 Å². The van der Waals surface area contributed by atoms with Gasteiger partial charge in [-0.2, -0.15) is 0 Å². The summed E-state index contributed by atoms with van der Waals surface area (Å²) in [6, 6.07) is 10.3. The van der Waals surface area contributed by atoms with Crippen LogP contribution in [-0.4, -0.2) is 69.5 Å². The molecule has 0 unspecified atom stereocenters. The monoisotopic (exact) mass is 662 g/mol. The molecular formula is C35H38N2O11. The Morgan fingerprint density at radius 3 is 2.54 bits per heavy atom. The molecule has 1 aliphatic heterocycles. The number of phenols is 1. The van der Waals surface area contributed by atoms with E-state index in [1.54, 1.807) is 33.0 Å². The number of phenolic OH excluding ortho intramolecular Hbond substituents is 1. The van der Waals surface area contributed by atoms with Crippen LogP contribution in [0, 0.1) is 6.92 Å². The molecule has 1 saturated heterocycles. The number of ether oxygens (including phenoxy) is 4. The van der Waals surface area contributed by atoms with Gasteiger partial charge >= 0.3 is 11.6 Å². The number of methoxy groups -OCH3 is 1. The Kier molecular flexibility index (Phi) is 9.66. The zero-order chi connectivity index (χ0) is 34.9. The summed E-state index contributed by atoms with van der Waals surface area (Å²) < 4.78 is 28.9. The zero-order valence-electron chi connectivity index (χ0n) is 27.3. The van der Waals surface area contributed by atoms with Crippen molar-refractivity contribution >= 4 is 28.5 Å². The molecule has 1 amide bonds. The number of rotatable bonds is 9. The Hall–Kier alpha value is -5.11. The van der Waals surface area contributed by atoms with E-state index >= 15 is 0 Å². The number of aryl methyl sites for hydroxylation is 1. The Morgan fingerprint density at radius 1 is 1.12 bits per heavy atom. The number of aliphatic hydroxyl groups excluding tert-OH is 1. The number of amides is 1. The molecule has 2 aromatic carbocycles. The highest BCUT2D eigenvalue weighted by atomic mass is 16.7. The second kappa shape index (κ2) is 13.6. The SMILES string of the molecule is CO[C@@H]1[C@@H](OC(=O)c2ccc[nH]2)[C@@H](O)[C@H](Oc2ccc3c(O)c(NC(=O)c4ccc(O)c(CC=C(C)C)c4)c(=O)oc3c2C)OC1(C)C. The second-order valence-corrected chi connectivity index (χ2v) is 12.3. The first-order valence-electron chi connectivity index (χ1n) is 15.2. The molecule has 0 radical (unpaired) electrons. The van der Waals surface area contributed by atoms with Crippen molar-refractivity contribution in [2.24, 2.45) is 0 Å². The molecule has 0 bridgehead atoms. The molecule has 13 nitrogen and oxygen atoms in total. The minimum atomic E-state index is -1.50. The minimum Gasteiger partial charge on any atom is -0.508 e. The predicted molar refractivity (Wildman–Crippen MR) is 174 cm³/mol. The smallest absolute Gasteiger partial charge is 0.364 e. The molecule has 0 spiro atoms. The highest BCUT2D eigenvalue weighted by Crippen LogP contribution is 2.39. The fraction of sp³-hybridized carbons (Fsp3) is 0.343. The van der Waals surface area contributed by atoms with Crippen LogP contribution in [-0.2, 0) is 20.6 Å². The van der Waals surface area contributed by atoms with Gasteiger partial charge < -0.3 is 49.0 Å². The van der Waals surface area contributed by atoms with Crippen LogP contribution in [0.4, 0.5) is 5.69 Å². The highest BCUT2D eigenvalue weighted by Gasteiger charge is 2.53. The molecular weight excluding hydrogens is 624 g/mol. The number of anilines is 1. The van der Waals surface area contributed by atoms with Crippen LogP contribution >= 0.6 is 0 Å². The lowest BCUT2D eigenvalue weighted by molar-refractivity contribution is -0.305. The lowest BCUT2D eigenvalue weighted by Gasteiger charge is -2.47. The van der Waals surface area contributed by atoms with Crippen LogP contribution in [0.15, 0.2) is 69.5 Å². The summed E-state index contributed by atoms with van der Waals surface area (Å²) in [5, 5.41) is 35.1. The molecule has 2 aromatic heterocycles. The van der Waals surface area contributed by atoms with Gasteiger partial charge in [0, 0.05) is 24.4 Å². The maximum Gasteiger partial charge on any atom is 0.364 e. The van der Waals surface area contributed by atoms with Crippen molar-refractivity contribution in [1.82, 2.24) is 4.98 Å². The second-order valence-electron chi connectivity index (χ2n) is 12.3.